The van der Waals surface area contributed by atoms with Crippen LogP contribution in [-0.2, 0) is 6.42 Å². The third-order valence-corrected chi connectivity index (χ3v) is 6.12. The second-order valence-corrected chi connectivity index (χ2v) is 8.51. The zero-order valence-corrected chi connectivity index (χ0v) is 18.2. The molecule has 0 saturated heterocycles. The summed E-state index contributed by atoms with van der Waals surface area (Å²) in [5.41, 5.74) is 3.59. The van der Waals surface area contributed by atoms with Gasteiger partial charge in [-0.2, -0.15) is 0 Å². The molecule has 0 bridgehead atoms. The van der Waals surface area contributed by atoms with Crippen molar-refractivity contribution >= 4 is 16.6 Å². The quantitative estimate of drug-likeness (QED) is 0.577. The Bertz CT molecular complexity index is 1140. The van der Waals surface area contributed by atoms with E-state index in [1.165, 1.54) is 12.1 Å². The van der Waals surface area contributed by atoms with Crippen LogP contribution < -0.4 is 19.7 Å². The van der Waals surface area contributed by atoms with Crippen LogP contribution in [0.15, 0.2) is 36.4 Å². The van der Waals surface area contributed by atoms with E-state index >= 15 is 0 Å². The number of halogens is 2. The Hall–Kier alpha value is -2.93. The number of pyridine rings is 1. The van der Waals surface area contributed by atoms with E-state index in [1.807, 2.05) is 31.2 Å². The van der Waals surface area contributed by atoms with E-state index in [4.69, 9.17) is 9.47 Å². The number of anilines is 1. The fraction of sp³-hybridized carbons (Fsp3) is 0.400. The summed E-state index contributed by atoms with van der Waals surface area (Å²) >= 11 is 0. The van der Waals surface area contributed by atoms with Gasteiger partial charge in [0.1, 0.15) is 12.7 Å². The Morgan fingerprint density at radius 2 is 2.03 bits per heavy atom. The summed E-state index contributed by atoms with van der Waals surface area (Å²) in [6, 6.07) is 10.6. The molecule has 1 unspecified atom stereocenters. The van der Waals surface area contributed by atoms with E-state index in [9.17, 15) is 8.78 Å². The van der Waals surface area contributed by atoms with Gasteiger partial charge in [0.25, 0.3) is 0 Å². The van der Waals surface area contributed by atoms with Gasteiger partial charge in [0, 0.05) is 42.5 Å². The van der Waals surface area contributed by atoms with Gasteiger partial charge in [0.15, 0.2) is 23.1 Å². The average molecular weight is 440 g/mol. The normalized spacial score (nSPS) is 17.5. The lowest BCUT2D eigenvalue weighted by atomic mass is 10.0. The van der Waals surface area contributed by atoms with E-state index in [1.54, 1.807) is 0 Å². The molecule has 5 rings (SSSR count). The van der Waals surface area contributed by atoms with Gasteiger partial charge in [-0.15, -0.1) is 0 Å². The number of benzene rings is 2. The highest BCUT2D eigenvalue weighted by molar-refractivity contribution is 5.88. The number of aryl methyl sites for hydroxylation is 2. The van der Waals surface area contributed by atoms with Crippen LogP contribution in [0, 0.1) is 18.6 Å². The summed E-state index contributed by atoms with van der Waals surface area (Å²) in [6.07, 6.45) is 2.57. The first-order chi connectivity index (χ1) is 15.6. The molecule has 1 N–H and O–H groups in total. The van der Waals surface area contributed by atoms with E-state index < -0.39 is 11.6 Å². The molecule has 0 aliphatic carbocycles. The molecule has 0 radical (unpaired) electrons. The molecule has 0 spiro atoms. The SMILES string of the molecule is Cc1ccc2c3c(ccc2n1)OCC(CNCCCN1CCCc2cc(F)c(F)cc21)O3. The molecule has 168 valence electrons. The Labute approximate surface area is 186 Å². The van der Waals surface area contributed by atoms with E-state index in [0.29, 0.717) is 13.2 Å². The van der Waals surface area contributed by atoms with Crippen LogP contribution in [0.2, 0.25) is 0 Å². The predicted octanol–water partition coefficient (Wildman–Crippen LogP) is 4.39. The van der Waals surface area contributed by atoms with E-state index in [0.717, 1.165) is 78.2 Å². The minimum atomic E-state index is -0.776. The molecule has 0 saturated carbocycles. The van der Waals surface area contributed by atoms with Crippen molar-refractivity contribution < 1.29 is 18.3 Å². The van der Waals surface area contributed by atoms with Crippen LogP contribution in [-0.4, -0.2) is 43.9 Å². The van der Waals surface area contributed by atoms with Crippen LogP contribution in [0.4, 0.5) is 14.5 Å². The number of ether oxygens (including phenoxy) is 2. The highest BCUT2D eigenvalue weighted by Crippen LogP contribution is 2.38. The number of nitrogens with zero attached hydrogens (tertiary/aromatic N) is 2. The van der Waals surface area contributed by atoms with Crippen molar-refractivity contribution in [1.82, 2.24) is 10.3 Å². The van der Waals surface area contributed by atoms with Gasteiger partial charge in [0.05, 0.1) is 5.52 Å². The largest absolute Gasteiger partial charge is 0.486 e. The molecule has 0 fully saturated rings. The number of nitrogens with one attached hydrogen (secondary N) is 1. The zero-order chi connectivity index (χ0) is 22.1. The van der Waals surface area contributed by atoms with Crippen molar-refractivity contribution in [1.29, 1.82) is 0 Å². The van der Waals surface area contributed by atoms with Gasteiger partial charge < -0.3 is 19.7 Å². The highest BCUT2D eigenvalue weighted by atomic mass is 19.2. The number of aromatic nitrogens is 1. The Kier molecular flexibility index (Phi) is 5.83. The predicted molar refractivity (Wildman–Crippen MR) is 121 cm³/mol. The van der Waals surface area contributed by atoms with Gasteiger partial charge in [0.2, 0.25) is 0 Å². The molecular formula is C25H27F2N3O2. The minimum Gasteiger partial charge on any atom is -0.486 e. The van der Waals surface area contributed by atoms with Crippen LogP contribution in [0.3, 0.4) is 0 Å². The van der Waals surface area contributed by atoms with Gasteiger partial charge in [-0.05, 0) is 68.6 Å². The summed E-state index contributed by atoms with van der Waals surface area (Å²) in [4.78, 5) is 6.72. The standard InChI is InChI=1S/C25H27F2N3O2/c1-16-5-6-19-22(29-16)7-8-24-25(19)32-18(15-31-24)14-28-9-3-11-30-10-2-4-17-12-20(26)21(27)13-23(17)30/h5-8,12-13,18,28H,2-4,9-11,14-15H2,1H3. The number of hydrogen-bond donors (Lipinski definition) is 1. The lowest BCUT2D eigenvalue weighted by molar-refractivity contribution is 0.0925. The van der Waals surface area contributed by atoms with Crippen molar-refractivity contribution in [2.45, 2.75) is 32.3 Å². The van der Waals surface area contributed by atoms with Crippen LogP contribution >= 0.6 is 0 Å². The molecule has 2 aliphatic rings. The van der Waals surface area contributed by atoms with E-state index in [-0.39, 0.29) is 6.10 Å². The number of hydrogen-bond acceptors (Lipinski definition) is 5. The Morgan fingerprint density at radius 1 is 1.16 bits per heavy atom. The first kappa shape index (κ1) is 20.9. The molecule has 32 heavy (non-hydrogen) atoms. The van der Waals surface area contributed by atoms with Gasteiger partial charge in [-0.3, -0.25) is 4.98 Å². The summed E-state index contributed by atoms with van der Waals surface area (Å²) in [6.45, 7) is 5.61. The molecule has 7 heteroatoms. The van der Waals surface area contributed by atoms with Crippen molar-refractivity contribution in [3.63, 3.8) is 0 Å². The molecule has 2 aliphatic heterocycles. The first-order valence-corrected chi connectivity index (χ1v) is 11.2. The molecule has 1 atom stereocenters. The third-order valence-electron chi connectivity index (χ3n) is 6.12. The van der Waals surface area contributed by atoms with Crippen molar-refractivity contribution in [3.8, 4) is 11.5 Å². The van der Waals surface area contributed by atoms with Crippen molar-refractivity contribution in [2.75, 3.05) is 37.7 Å². The monoisotopic (exact) mass is 439 g/mol. The number of rotatable bonds is 6. The molecule has 5 nitrogen and oxygen atoms in total. The maximum Gasteiger partial charge on any atom is 0.171 e. The smallest absolute Gasteiger partial charge is 0.171 e. The highest BCUT2D eigenvalue weighted by Gasteiger charge is 2.23. The van der Waals surface area contributed by atoms with Crippen molar-refractivity contribution in [2.24, 2.45) is 0 Å². The van der Waals surface area contributed by atoms with Gasteiger partial charge in [-0.1, -0.05) is 0 Å². The number of fused-ring (bicyclic) bond motifs is 4. The minimum absolute atomic E-state index is 0.0813. The summed E-state index contributed by atoms with van der Waals surface area (Å²) in [5, 5.41) is 4.41. The Morgan fingerprint density at radius 3 is 2.94 bits per heavy atom. The van der Waals surface area contributed by atoms with E-state index in [2.05, 4.69) is 15.2 Å². The maximum atomic E-state index is 13.7. The summed E-state index contributed by atoms with van der Waals surface area (Å²) < 4.78 is 39.4. The molecule has 3 aromatic rings. The maximum absolute atomic E-state index is 13.7. The second-order valence-electron chi connectivity index (χ2n) is 8.51. The fourth-order valence-electron chi connectivity index (χ4n) is 4.52. The first-order valence-electron chi connectivity index (χ1n) is 11.2. The zero-order valence-electron chi connectivity index (χ0n) is 18.2. The fourth-order valence-corrected chi connectivity index (χ4v) is 4.52. The Balaban J connectivity index is 1.14. The lowest BCUT2D eigenvalue weighted by Crippen LogP contribution is -2.39. The van der Waals surface area contributed by atoms with Gasteiger partial charge >= 0.3 is 0 Å². The molecule has 2 aromatic carbocycles. The third kappa shape index (κ3) is 4.21. The lowest BCUT2D eigenvalue weighted by Gasteiger charge is -2.31. The molecular weight excluding hydrogens is 412 g/mol. The topological polar surface area (TPSA) is 46.6 Å². The molecule has 0 amide bonds. The van der Waals surface area contributed by atoms with Crippen LogP contribution in [0.25, 0.3) is 10.9 Å². The molecule has 3 heterocycles. The van der Waals surface area contributed by atoms with Crippen molar-refractivity contribution in [3.05, 3.63) is 59.3 Å². The van der Waals surface area contributed by atoms with Crippen LogP contribution in [0.1, 0.15) is 24.1 Å². The molecule has 1 aromatic heterocycles. The van der Waals surface area contributed by atoms with Gasteiger partial charge in [-0.25, -0.2) is 8.78 Å². The summed E-state index contributed by atoms with van der Waals surface area (Å²) in [7, 11) is 0. The second kappa shape index (κ2) is 8.90. The summed E-state index contributed by atoms with van der Waals surface area (Å²) in [5.74, 6) is -0.0253. The van der Waals surface area contributed by atoms with Crippen LogP contribution in [0.5, 0.6) is 11.5 Å². The average Bonchev–Trinajstić information content (AvgIpc) is 2.79.